The standard InChI is InChI=1S/C14H18ClIN2O2/c1-10(9-18-4-6-20-7-5-18)17-14(19)12-8-11(15)2-3-13(12)16/h2-3,8,10H,4-7,9H2,1H3,(H,17,19). The van der Waals surface area contributed by atoms with Crippen molar-refractivity contribution in [1.29, 1.82) is 0 Å². The number of halogens is 2. The van der Waals surface area contributed by atoms with Crippen LogP contribution in [0.1, 0.15) is 17.3 Å². The average Bonchev–Trinajstić information content (AvgIpc) is 2.42. The first kappa shape index (κ1) is 16.0. The third-order valence-electron chi connectivity index (χ3n) is 3.19. The average molecular weight is 409 g/mol. The fraction of sp³-hybridized carbons (Fsp3) is 0.500. The van der Waals surface area contributed by atoms with E-state index < -0.39 is 0 Å². The summed E-state index contributed by atoms with van der Waals surface area (Å²) < 4.78 is 6.22. The van der Waals surface area contributed by atoms with Crippen LogP contribution in [-0.4, -0.2) is 49.7 Å². The largest absolute Gasteiger partial charge is 0.379 e. The highest BCUT2D eigenvalue weighted by molar-refractivity contribution is 14.1. The van der Waals surface area contributed by atoms with E-state index in [0.717, 1.165) is 36.4 Å². The molecule has 1 aliphatic rings. The molecule has 1 aliphatic heterocycles. The predicted octanol–water partition coefficient (Wildman–Crippen LogP) is 2.40. The quantitative estimate of drug-likeness (QED) is 0.778. The molecule has 2 rings (SSSR count). The van der Waals surface area contributed by atoms with Crippen LogP contribution in [0.25, 0.3) is 0 Å². The van der Waals surface area contributed by atoms with Crippen LogP contribution in [0.4, 0.5) is 0 Å². The molecular formula is C14H18ClIN2O2. The van der Waals surface area contributed by atoms with Crippen LogP contribution in [0.2, 0.25) is 5.02 Å². The summed E-state index contributed by atoms with van der Waals surface area (Å²) in [5.41, 5.74) is 0.631. The maximum absolute atomic E-state index is 12.3. The van der Waals surface area contributed by atoms with Crippen LogP contribution in [0.5, 0.6) is 0 Å². The normalized spacial score (nSPS) is 17.8. The minimum Gasteiger partial charge on any atom is -0.379 e. The minimum atomic E-state index is -0.0716. The maximum Gasteiger partial charge on any atom is 0.252 e. The van der Waals surface area contributed by atoms with Gasteiger partial charge in [0.25, 0.3) is 5.91 Å². The lowest BCUT2D eigenvalue weighted by atomic mass is 10.2. The van der Waals surface area contributed by atoms with Crippen molar-refractivity contribution in [2.45, 2.75) is 13.0 Å². The highest BCUT2D eigenvalue weighted by atomic mass is 127. The fourth-order valence-corrected chi connectivity index (χ4v) is 2.94. The molecule has 0 aliphatic carbocycles. The van der Waals surface area contributed by atoms with Crippen molar-refractivity contribution in [2.24, 2.45) is 0 Å². The Morgan fingerprint density at radius 3 is 2.90 bits per heavy atom. The van der Waals surface area contributed by atoms with E-state index in [2.05, 4.69) is 32.8 Å². The van der Waals surface area contributed by atoms with E-state index in [-0.39, 0.29) is 11.9 Å². The molecule has 0 saturated carbocycles. The lowest BCUT2D eigenvalue weighted by Gasteiger charge is -2.29. The summed E-state index contributed by atoms with van der Waals surface area (Å²) in [5, 5.41) is 3.61. The number of rotatable bonds is 4. The third kappa shape index (κ3) is 4.58. The maximum atomic E-state index is 12.3. The topological polar surface area (TPSA) is 41.6 Å². The SMILES string of the molecule is CC(CN1CCOCC1)NC(=O)c1cc(Cl)ccc1I. The Hall–Kier alpha value is -0.370. The van der Waals surface area contributed by atoms with Gasteiger partial charge in [-0.1, -0.05) is 11.6 Å². The molecule has 1 atom stereocenters. The summed E-state index contributed by atoms with van der Waals surface area (Å²) in [5.74, 6) is -0.0716. The molecule has 0 aromatic heterocycles. The summed E-state index contributed by atoms with van der Waals surface area (Å²) >= 11 is 8.10. The highest BCUT2D eigenvalue weighted by Gasteiger charge is 2.17. The van der Waals surface area contributed by atoms with Crippen molar-refractivity contribution in [3.63, 3.8) is 0 Å². The zero-order chi connectivity index (χ0) is 14.5. The Labute approximate surface area is 137 Å². The van der Waals surface area contributed by atoms with Crippen LogP contribution in [0, 0.1) is 3.57 Å². The molecule has 4 nitrogen and oxygen atoms in total. The van der Waals surface area contributed by atoms with Gasteiger partial charge in [-0.25, -0.2) is 0 Å². The smallest absolute Gasteiger partial charge is 0.252 e. The van der Waals surface area contributed by atoms with Gasteiger partial charge >= 0.3 is 0 Å². The second-order valence-electron chi connectivity index (χ2n) is 4.91. The third-order valence-corrected chi connectivity index (χ3v) is 4.36. The molecule has 6 heteroatoms. The molecular weight excluding hydrogens is 391 g/mol. The van der Waals surface area contributed by atoms with Crippen LogP contribution in [-0.2, 0) is 4.74 Å². The van der Waals surface area contributed by atoms with Gasteiger partial charge in [0.2, 0.25) is 0 Å². The molecule has 1 unspecified atom stereocenters. The zero-order valence-electron chi connectivity index (χ0n) is 11.4. The van der Waals surface area contributed by atoms with Gasteiger partial charge in [0, 0.05) is 34.3 Å². The van der Waals surface area contributed by atoms with Crippen LogP contribution in [0.15, 0.2) is 18.2 Å². The summed E-state index contributed by atoms with van der Waals surface area (Å²) in [6, 6.07) is 5.44. The summed E-state index contributed by atoms with van der Waals surface area (Å²) in [7, 11) is 0. The first-order valence-corrected chi connectivity index (χ1v) is 8.08. The van der Waals surface area contributed by atoms with Crippen molar-refractivity contribution in [3.8, 4) is 0 Å². The fourth-order valence-electron chi connectivity index (χ4n) is 2.19. The van der Waals surface area contributed by atoms with Gasteiger partial charge in [-0.05, 0) is 47.7 Å². The van der Waals surface area contributed by atoms with Crippen LogP contribution >= 0.6 is 34.2 Å². The van der Waals surface area contributed by atoms with Gasteiger partial charge in [0.05, 0.1) is 18.8 Å². The first-order chi connectivity index (χ1) is 9.56. The minimum absolute atomic E-state index is 0.0716. The van der Waals surface area contributed by atoms with Crippen molar-refractivity contribution in [3.05, 3.63) is 32.4 Å². The highest BCUT2D eigenvalue weighted by Crippen LogP contribution is 2.18. The molecule has 1 saturated heterocycles. The second kappa shape index (κ2) is 7.59. The molecule has 1 fully saturated rings. The molecule has 0 radical (unpaired) electrons. The predicted molar refractivity (Wildman–Crippen MR) is 88.4 cm³/mol. The van der Waals surface area contributed by atoms with E-state index in [0.29, 0.717) is 10.6 Å². The van der Waals surface area contributed by atoms with Gasteiger partial charge in [0.15, 0.2) is 0 Å². The van der Waals surface area contributed by atoms with E-state index >= 15 is 0 Å². The Balaban J connectivity index is 1.91. The van der Waals surface area contributed by atoms with E-state index in [1.54, 1.807) is 12.1 Å². The number of ether oxygens (including phenoxy) is 1. The second-order valence-corrected chi connectivity index (χ2v) is 6.51. The van der Waals surface area contributed by atoms with Crippen LogP contribution in [0.3, 0.4) is 0 Å². The summed E-state index contributed by atoms with van der Waals surface area (Å²) in [4.78, 5) is 14.6. The van der Waals surface area contributed by atoms with Gasteiger partial charge in [-0.3, -0.25) is 9.69 Å². The Morgan fingerprint density at radius 1 is 1.50 bits per heavy atom. The Morgan fingerprint density at radius 2 is 2.20 bits per heavy atom. The van der Waals surface area contributed by atoms with E-state index in [1.807, 2.05) is 13.0 Å². The van der Waals surface area contributed by atoms with E-state index in [4.69, 9.17) is 16.3 Å². The first-order valence-electron chi connectivity index (χ1n) is 6.62. The molecule has 1 aromatic carbocycles. The van der Waals surface area contributed by atoms with Crippen molar-refractivity contribution in [2.75, 3.05) is 32.8 Å². The number of hydrogen-bond acceptors (Lipinski definition) is 3. The number of carbonyl (C=O) groups is 1. The molecule has 1 aromatic rings. The molecule has 20 heavy (non-hydrogen) atoms. The molecule has 110 valence electrons. The van der Waals surface area contributed by atoms with Crippen LogP contribution < -0.4 is 5.32 Å². The Bertz CT molecular complexity index is 478. The van der Waals surface area contributed by atoms with Gasteiger partial charge < -0.3 is 10.1 Å². The van der Waals surface area contributed by atoms with Gasteiger partial charge in [-0.2, -0.15) is 0 Å². The molecule has 1 N–H and O–H groups in total. The van der Waals surface area contributed by atoms with Crippen molar-refractivity contribution < 1.29 is 9.53 Å². The number of hydrogen-bond donors (Lipinski definition) is 1. The number of amides is 1. The Kier molecular flexibility index (Phi) is 6.07. The molecule has 0 spiro atoms. The zero-order valence-corrected chi connectivity index (χ0v) is 14.3. The van der Waals surface area contributed by atoms with Crippen molar-refractivity contribution in [1.82, 2.24) is 10.2 Å². The van der Waals surface area contributed by atoms with Gasteiger partial charge in [0.1, 0.15) is 0 Å². The van der Waals surface area contributed by atoms with Gasteiger partial charge in [-0.15, -0.1) is 0 Å². The number of morpholine rings is 1. The lowest BCUT2D eigenvalue weighted by molar-refractivity contribution is 0.0342. The monoisotopic (exact) mass is 408 g/mol. The summed E-state index contributed by atoms with van der Waals surface area (Å²) in [6.07, 6.45) is 0. The molecule has 1 amide bonds. The number of nitrogens with zero attached hydrogens (tertiary/aromatic N) is 1. The number of carbonyl (C=O) groups excluding carboxylic acids is 1. The van der Waals surface area contributed by atoms with Crippen molar-refractivity contribution >= 4 is 40.1 Å². The number of nitrogens with one attached hydrogen (secondary N) is 1. The number of benzene rings is 1. The summed E-state index contributed by atoms with van der Waals surface area (Å²) in [6.45, 7) is 6.25. The van der Waals surface area contributed by atoms with E-state index in [9.17, 15) is 4.79 Å². The molecule has 1 heterocycles. The molecule has 0 bridgehead atoms. The lowest BCUT2D eigenvalue weighted by Crippen LogP contribution is -2.46. The van der Waals surface area contributed by atoms with E-state index in [1.165, 1.54) is 0 Å².